The first-order valence-corrected chi connectivity index (χ1v) is 11.6. The quantitative estimate of drug-likeness (QED) is 0.548. The Labute approximate surface area is 186 Å². The molecule has 0 saturated carbocycles. The summed E-state index contributed by atoms with van der Waals surface area (Å²) in [5, 5.41) is 18.1. The zero-order valence-electron chi connectivity index (χ0n) is 16.6. The third-order valence-corrected chi connectivity index (χ3v) is 7.46. The Morgan fingerprint density at radius 2 is 2.07 bits per heavy atom. The Balaban J connectivity index is 1.68. The number of carbonyl (C=O) groups excluding carboxylic acids is 1. The van der Waals surface area contributed by atoms with E-state index in [-0.39, 0.29) is 11.8 Å². The normalized spacial score (nSPS) is 15.8. The summed E-state index contributed by atoms with van der Waals surface area (Å²) in [6.45, 7) is 4.75. The number of nitriles is 1. The van der Waals surface area contributed by atoms with Crippen molar-refractivity contribution in [3.05, 3.63) is 49.8 Å². The van der Waals surface area contributed by atoms with Crippen LogP contribution in [0.15, 0.2) is 18.2 Å². The van der Waals surface area contributed by atoms with Crippen LogP contribution in [0.3, 0.4) is 0 Å². The van der Waals surface area contributed by atoms with Gasteiger partial charge in [0.05, 0.1) is 15.6 Å². The van der Waals surface area contributed by atoms with Gasteiger partial charge in [-0.05, 0) is 55.4 Å². The third kappa shape index (κ3) is 5.13. The van der Waals surface area contributed by atoms with Gasteiger partial charge < -0.3 is 10.6 Å². The summed E-state index contributed by atoms with van der Waals surface area (Å²) < 4.78 is 0. The summed E-state index contributed by atoms with van der Waals surface area (Å²) in [5.41, 5.74) is 2.84. The van der Waals surface area contributed by atoms with Crippen molar-refractivity contribution in [2.24, 2.45) is 5.92 Å². The molecule has 0 aliphatic heterocycles. The number of carbonyl (C=O) groups is 1. The molecule has 2 N–H and O–H groups in total. The molecule has 4 nitrogen and oxygen atoms in total. The van der Waals surface area contributed by atoms with Crippen molar-refractivity contribution in [3.63, 3.8) is 0 Å². The number of amides is 1. The maximum absolute atomic E-state index is 12.5. The Hall–Kier alpha value is -1.58. The monoisotopic (exact) mass is 449 g/mol. The van der Waals surface area contributed by atoms with Crippen LogP contribution in [0, 0.1) is 17.2 Å². The average molecular weight is 450 g/mol. The average Bonchev–Trinajstić information content (AvgIpc) is 3.05. The van der Waals surface area contributed by atoms with Crippen molar-refractivity contribution in [1.82, 2.24) is 5.32 Å². The predicted molar refractivity (Wildman–Crippen MR) is 121 cm³/mol. The molecule has 0 radical (unpaired) electrons. The molecule has 1 heterocycles. The van der Waals surface area contributed by atoms with Gasteiger partial charge in [-0.2, -0.15) is 5.26 Å². The molecule has 154 valence electrons. The van der Waals surface area contributed by atoms with Crippen molar-refractivity contribution in [1.29, 1.82) is 5.26 Å². The highest BCUT2D eigenvalue weighted by Crippen LogP contribution is 2.38. The van der Waals surface area contributed by atoms with Crippen molar-refractivity contribution in [2.45, 2.75) is 58.5 Å². The highest BCUT2D eigenvalue weighted by molar-refractivity contribution is 7.16. The summed E-state index contributed by atoms with van der Waals surface area (Å²) in [6.07, 6.45) is 4.26. The molecule has 1 atom stereocenters. The van der Waals surface area contributed by atoms with Crippen LogP contribution in [0.2, 0.25) is 10.0 Å². The second kappa shape index (κ2) is 9.95. The fourth-order valence-corrected chi connectivity index (χ4v) is 5.35. The van der Waals surface area contributed by atoms with Crippen LogP contribution in [-0.4, -0.2) is 11.9 Å². The van der Waals surface area contributed by atoms with Gasteiger partial charge in [0.1, 0.15) is 11.1 Å². The van der Waals surface area contributed by atoms with E-state index in [1.807, 2.05) is 32.0 Å². The predicted octanol–water partition coefficient (Wildman–Crippen LogP) is 5.95. The lowest BCUT2D eigenvalue weighted by molar-refractivity contribution is -0.120. The van der Waals surface area contributed by atoms with Gasteiger partial charge in [0.25, 0.3) is 0 Å². The van der Waals surface area contributed by atoms with Gasteiger partial charge in [-0.15, -0.1) is 11.3 Å². The van der Waals surface area contributed by atoms with E-state index in [0.29, 0.717) is 33.2 Å². The molecule has 1 unspecified atom stereocenters. The lowest BCUT2D eigenvalue weighted by Gasteiger charge is -2.23. The molecular formula is C22H25Cl2N3OS. The Bertz CT molecular complexity index is 931. The standard InChI is InChI=1S/C22H25Cl2N3OS/c1-3-14(4-2)21(28)27-22-17(11-25)16-7-6-15(10-20(16)29-22)26-12-13-5-8-18(23)19(24)9-13/h5,8-9,14-15,26H,3-4,6-7,10,12H2,1-2H3,(H,27,28). The van der Waals surface area contributed by atoms with E-state index in [4.69, 9.17) is 23.2 Å². The van der Waals surface area contributed by atoms with Gasteiger partial charge in [0.2, 0.25) is 5.91 Å². The van der Waals surface area contributed by atoms with Crippen molar-refractivity contribution in [2.75, 3.05) is 5.32 Å². The molecule has 1 aromatic carbocycles. The number of hydrogen-bond acceptors (Lipinski definition) is 4. The Morgan fingerprint density at radius 3 is 2.72 bits per heavy atom. The first-order valence-electron chi connectivity index (χ1n) is 9.99. The van der Waals surface area contributed by atoms with Crippen LogP contribution >= 0.6 is 34.5 Å². The van der Waals surface area contributed by atoms with Crippen molar-refractivity contribution >= 4 is 45.4 Å². The number of anilines is 1. The molecule has 1 aliphatic carbocycles. The number of halogens is 2. The summed E-state index contributed by atoms with van der Waals surface area (Å²) >= 11 is 13.6. The maximum Gasteiger partial charge on any atom is 0.228 e. The van der Waals surface area contributed by atoms with E-state index < -0.39 is 0 Å². The van der Waals surface area contributed by atoms with Gasteiger partial charge in [0, 0.05) is 23.4 Å². The zero-order valence-corrected chi connectivity index (χ0v) is 19.0. The highest BCUT2D eigenvalue weighted by Gasteiger charge is 2.27. The van der Waals surface area contributed by atoms with Gasteiger partial charge in [-0.25, -0.2) is 0 Å². The minimum Gasteiger partial charge on any atom is -0.316 e. The minimum absolute atomic E-state index is 0.0127. The SMILES string of the molecule is CCC(CC)C(=O)Nc1sc2c(c1C#N)CCC(NCc1ccc(Cl)c(Cl)c1)C2. The summed E-state index contributed by atoms with van der Waals surface area (Å²) in [7, 11) is 0. The number of fused-ring (bicyclic) bond motifs is 1. The van der Waals surface area contributed by atoms with E-state index in [9.17, 15) is 10.1 Å². The smallest absolute Gasteiger partial charge is 0.228 e. The Kier molecular flexibility index (Phi) is 7.59. The van der Waals surface area contributed by atoms with Crippen LogP contribution in [-0.2, 0) is 24.2 Å². The molecule has 0 fully saturated rings. The highest BCUT2D eigenvalue weighted by atomic mass is 35.5. The number of thiophene rings is 1. The molecule has 3 rings (SSSR count). The molecule has 0 saturated heterocycles. The van der Waals surface area contributed by atoms with E-state index in [2.05, 4.69) is 16.7 Å². The second-order valence-electron chi connectivity index (χ2n) is 7.39. The van der Waals surface area contributed by atoms with Gasteiger partial charge in [-0.3, -0.25) is 4.79 Å². The van der Waals surface area contributed by atoms with Crippen LogP contribution in [0.25, 0.3) is 0 Å². The lowest BCUT2D eigenvalue weighted by atomic mass is 9.92. The third-order valence-electron chi connectivity index (χ3n) is 5.55. The molecular weight excluding hydrogens is 425 g/mol. The van der Waals surface area contributed by atoms with E-state index in [1.165, 1.54) is 4.88 Å². The zero-order chi connectivity index (χ0) is 21.0. The maximum atomic E-state index is 12.5. The minimum atomic E-state index is -0.0127. The summed E-state index contributed by atoms with van der Waals surface area (Å²) in [5.74, 6) is 0.000625. The van der Waals surface area contributed by atoms with Crippen LogP contribution in [0.5, 0.6) is 0 Å². The molecule has 29 heavy (non-hydrogen) atoms. The second-order valence-corrected chi connectivity index (χ2v) is 9.31. The first-order chi connectivity index (χ1) is 14.0. The number of nitrogens with one attached hydrogen (secondary N) is 2. The topological polar surface area (TPSA) is 64.9 Å². The van der Waals surface area contributed by atoms with Crippen LogP contribution < -0.4 is 10.6 Å². The van der Waals surface area contributed by atoms with E-state index in [0.717, 1.165) is 43.2 Å². The summed E-state index contributed by atoms with van der Waals surface area (Å²) in [6, 6.07) is 8.31. The van der Waals surface area contributed by atoms with Gasteiger partial charge in [-0.1, -0.05) is 43.1 Å². The summed E-state index contributed by atoms with van der Waals surface area (Å²) in [4.78, 5) is 13.7. The molecule has 7 heteroatoms. The Morgan fingerprint density at radius 1 is 1.31 bits per heavy atom. The molecule has 0 bridgehead atoms. The number of rotatable bonds is 7. The van der Waals surface area contributed by atoms with Crippen LogP contribution in [0.4, 0.5) is 5.00 Å². The van der Waals surface area contributed by atoms with Crippen LogP contribution in [0.1, 0.15) is 54.7 Å². The van der Waals surface area contributed by atoms with Crippen molar-refractivity contribution < 1.29 is 4.79 Å². The molecule has 2 aromatic rings. The van der Waals surface area contributed by atoms with E-state index >= 15 is 0 Å². The van der Waals surface area contributed by atoms with Gasteiger partial charge in [0.15, 0.2) is 0 Å². The number of hydrogen-bond donors (Lipinski definition) is 2. The molecule has 1 amide bonds. The largest absolute Gasteiger partial charge is 0.316 e. The van der Waals surface area contributed by atoms with Gasteiger partial charge >= 0.3 is 0 Å². The fraction of sp³-hybridized carbons (Fsp3) is 0.455. The molecule has 0 spiro atoms. The van der Waals surface area contributed by atoms with E-state index in [1.54, 1.807) is 11.3 Å². The van der Waals surface area contributed by atoms with Crippen molar-refractivity contribution in [3.8, 4) is 6.07 Å². The number of benzene rings is 1. The molecule has 1 aliphatic rings. The molecule has 1 aromatic heterocycles. The lowest BCUT2D eigenvalue weighted by Crippen LogP contribution is -2.33. The fourth-order valence-electron chi connectivity index (χ4n) is 3.75. The number of nitrogens with zero attached hydrogens (tertiary/aromatic N) is 1. The first kappa shape index (κ1) is 22.1.